The summed E-state index contributed by atoms with van der Waals surface area (Å²) in [4.78, 5) is 16.1. The van der Waals surface area contributed by atoms with E-state index in [4.69, 9.17) is 9.26 Å². The van der Waals surface area contributed by atoms with Crippen LogP contribution in [0.5, 0.6) is 0 Å². The highest BCUT2D eigenvalue weighted by Crippen LogP contribution is 2.40. The molecule has 6 nitrogen and oxygen atoms in total. The van der Waals surface area contributed by atoms with Crippen molar-refractivity contribution in [1.29, 1.82) is 0 Å². The molecular formula is C13H21N3O3. The van der Waals surface area contributed by atoms with E-state index >= 15 is 0 Å². The Bertz CT molecular complexity index is 446. The molecular weight excluding hydrogens is 246 g/mol. The summed E-state index contributed by atoms with van der Waals surface area (Å²) < 4.78 is 10.4. The van der Waals surface area contributed by atoms with Crippen molar-refractivity contribution in [3.8, 4) is 0 Å². The summed E-state index contributed by atoms with van der Waals surface area (Å²) in [7, 11) is 0. The van der Waals surface area contributed by atoms with E-state index in [1.807, 2.05) is 27.7 Å². The fraction of sp³-hybridized carbons (Fsp3) is 0.769. The van der Waals surface area contributed by atoms with Crippen molar-refractivity contribution in [2.24, 2.45) is 5.92 Å². The highest BCUT2D eigenvalue weighted by atomic mass is 16.6. The molecule has 1 aliphatic rings. The quantitative estimate of drug-likeness (QED) is 0.907. The minimum Gasteiger partial charge on any atom is -0.444 e. The van der Waals surface area contributed by atoms with Gasteiger partial charge < -0.3 is 14.6 Å². The van der Waals surface area contributed by atoms with Crippen molar-refractivity contribution < 1.29 is 14.1 Å². The molecule has 0 aliphatic heterocycles. The summed E-state index contributed by atoms with van der Waals surface area (Å²) in [6.45, 7) is 7.46. The number of nitrogens with zero attached hydrogens (tertiary/aromatic N) is 2. The van der Waals surface area contributed by atoms with Crippen LogP contribution in [-0.4, -0.2) is 21.8 Å². The molecule has 0 aromatic carbocycles. The standard InChI is InChI=1S/C13H21N3O3/c1-5-9-14-11(16-19-9)10(8-6-7-8)15-12(17)18-13(2,3)4/h8,10H,5-7H2,1-4H3,(H,15,17)/t10-/m1/s1. The zero-order valence-corrected chi connectivity index (χ0v) is 11.9. The highest BCUT2D eigenvalue weighted by molar-refractivity contribution is 5.68. The van der Waals surface area contributed by atoms with Crippen molar-refractivity contribution >= 4 is 6.09 Å². The van der Waals surface area contributed by atoms with Gasteiger partial charge in [0.15, 0.2) is 5.82 Å². The summed E-state index contributed by atoms with van der Waals surface area (Å²) in [6, 6.07) is -0.209. The number of alkyl carbamates (subject to hydrolysis) is 1. The van der Waals surface area contributed by atoms with E-state index in [0.29, 0.717) is 24.1 Å². The van der Waals surface area contributed by atoms with Crippen molar-refractivity contribution in [3.05, 3.63) is 11.7 Å². The predicted octanol–water partition coefficient (Wildman–Crippen LogP) is 2.61. The van der Waals surface area contributed by atoms with Crippen LogP contribution < -0.4 is 5.32 Å². The van der Waals surface area contributed by atoms with Crippen LogP contribution >= 0.6 is 0 Å². The van der Waals surface area contributed by atoms with E-state index in [2.05, 4.69) is 15.5 Å². The zero-order valence-electron chi connectivity index (χ0n) is 11.9. The summed E-state index contributed by atoms with van der Waals surface area (Å²) in [6.07, 6.45) is 2.39. The zero-order chi connectivity index (χ0) is 14.0. The number of aromatic nitrogens is 2. The van der Waals surface area contributed by atoms with E-state index in [-0.39, 0.29) is 6.04 Å². The minimum atomic E-state index is -0.510. The lowest BCUT2D eigenvalue weighted by Gasteiger charge is -2.22. The Morgan fingerprint density at radius 3 is 2.68 bits per heavy atom. The lowest BCUT2D eigenvalue weighted by atomic mass is 10.2. The average Bonchev–Trinajstić information content (AvgIpc) is 3.01. The smallest absolute Gasteiger partial charge is 0.408 e. The maximum absolute atomic E-state index is 11.8. The lowest BCUT2D eigenvalue weighted by Crippen LogP contribution is -2.36. The molecule has 19 heavy (non-hydrogen) atoms. The van der Waals surface area contributed by atoms with Crippen LogP contribution in [0.15, 0.2) is 4.52 Å². The van der Waals surface area contributed by atoms with Gasteiger partial charge in [-0.2, -0.15) is 4.98 Å². The molecule has 2 rings (SSSR count). The molecule has 6 heteroatoms. The molecule has 1 saturated carbocycles. The second-order valence-corrected chi connectivity index (χ2v) is 5.86. The average molecular weight is 267 g/mol. The van der Waals surface area contributed by atoms with E-state index in [9.17, 15) is 4.79 Å². The molecule has 1 atom stereocenters. The number of aryl methyl sites for hydroxylation is 1. The van der Waals surface area contributed by atoms with E-state index in [1.165, 1.54) is 0 Å². The van der Waals surface area contributed by atoms with Crippen LogP contribution in [0.4, 0.5) is 4.79 Å². The van der Waals surface area contributed by atoms with Gasteiger partial charge in [0, 0.05) is 6.42 Å². The lowest BCUT2D eigenvalue weighted by molar-refractivity contribution is 0.0494. The maximum Gasteiger partial charge on any atom is 0.408 e. The third kappa shape index (κ3) is 3.94. The Hall–Kier alpha value is -1.59. The number of carbonyl (C=O) groups excluding carboxylic acids is 1. The number of ether oxygens (including phenoxy) is 1. The van der Waals surface area contributed by atoms with Crippen LogP contribution in [0.3, 0.4) is 0 Å². The Kier molecular flexibility index (Phi) is 3.78. The summed E-state index contributed by atoms with van der Waals surface area (Å²) >= 11 is 0. The highest BCUT2D eigenvalue weighted by Gasteiger charge is 2.37. The van der Waals surface area contributed by atoms with Crippen LogP contribution in [-0.2, 0) is 11.2 Å². The Balaban J connectivity index is 2.02. The van der Waals surface area contributed by atoms with Gasteiger partial charge in [0.25, 0.3) is 0 Å². The van der Waals surface area contributed by atoms with E-state index in [1.54, 1.807) is 0 Å². The van der Waals surface area contributed by atoms with Gasteiger partial charge in [0.1, 0.15) is 5.60 Å². The minimum absolute atomic E-state index is 0.209. The van der Waals surface area contributed by atoms with Gasteiger partial charge in [-0.25, -0.2) is 4.79 Å². The molecule has 0 spiro atoms. The van der Waals surface area contributed by atoms with Crippen LogP contribution in [0.1, 0.15) is 58.3 Å². The van der Waals surface area contributed by atoms with Gasteiger partial charge in [0.05, 0.1) is 6.04 Å². The van der Waals surface area contributed by atoms with Gasteiger partial charge in [-0.1, -0.05) is 12.1 Å². The molecule has 0 saturated heterocycles. The first-order chi connectivity index (χ1) is 8.89. The van der Waals surface area contributed by atoms with E-state index in [0.717, 1.165) is 12.8 Å². The molecule has 1 aromatic rings. The van der Waals surface area contributed by atoms with Crippen molar-refractivity contribution in [2.75, 3.05) is 0 Å². The van der Waals surface area contributed by atoms with Gasteiger partial charge in [-0.3, -0.25) is 0 Å². The van der Waals surface area contributed by atoms with Crippen LogP contribution in [0.25, 0.3) is 0 Å². The number of rotatable bonds is 4. The maximum atomic E-state index is 11.8. The monoisotopic (exact) mass is 267 g/mol. The number of nitrogens with one attached hydrogen (secondary N) is 1. The fourth-order valence-corrected chi connectivity index (χ4v) is 1.80. The first-order valence-corrected chi connectivity index (χ1v) is 6.71. The second kappa shape index (κ2) is 5.19. The Labute approximate surface area is 112 Å². The van der Waals surface area contributed by atoms with Crippen molar-refractivity contribution in [3.63, 3.8) is 0 Å². The third-order valence-corrected chi connectivity index (χ3v) is 2.83. The topological polar surface area (TPSA) is 77.2 Å². The first kappa shape index (κ1) is 13.8. The molecule has 1 aromatic heterocycles. The Morgan fingerprint density at radius 1 is 1.53 bits per heavy atom. The molecule has 1 heterocycles. The third-order valence-electron chi connectivity index (χ3n) is 2.83. The molecule has 1 N–H and O–H groups in total. The number of hydrogen-bond acceptors (Lipinski definition) is 5. The fourth-order valence-electron chi connectivity index (χ4n) is 1.80. The van der Waals surface area contributed by atoms with E-state index < -0.39 is 11.7 Å². The molecule has 1 amide bonds. The predicted molar refractivity (Wildman–Crippen MR) is 68.5 cm³/mol. The van der Waals surface area contributed by atoms with Crippen LogP contribution in [0.2, 0.25) is 0 Å². The Morgan fingerprint density at radius 2 is 2.21 bits per heavy atom. The molecule has 0 bridgehead atoms. The van der Waals surface area contributed by atoms with Gasteiger partial charge in [0.2, 0.25) is 5.89 Å². The number of hydrogen-bond donors (Lipinski definition) is 1. The van der Waals surface area contributed by atoms with Crippen molar-refractivity contribution in [1.82, 2.24) is 15.5 Å². The summed E-state index contributed by atoms with van der Waals surface area (Å²) in [5, 5.41) is 6.78. The van der Waals surface area contributed by atoms with Gasteiger partial charge >= 0.3 is 6.09 Å². The van der Waals surface area contributed by atoms with Crippen LogP contribution in [0, 0.1) is 5.92 Å². The molecule has 0 unspecified atom stereocenters. The number of amides is 1. The van der Waals surface area contributed by atoms with Crippen molar-refractivity contribution in [2.45, 2.75) is 58.6 Å². The first-order valence-electron chi connectivity index (χ1n) is 6.71. The van der Waals surface area contributed by atoms with Gasteiger partial charge in [-0.05, 0) is 39.5 Å². The second-order valence-electron chi connectivity index (χ2n) is 5.86. The normalized spacial score (nSPS) is 17.1. The molecule has 1 aliphatic carbocycles. The molecule has 1 fully saturated rings. The largest absolute Gasteiger partial charge is 0.444 e. The SMILES string of the molecule is CCc1nc([C@H](NC(=O)OC(C)(C)C)C2CC2)no1. The summed E-state index contributed by atoms with van der Waals surface area (Å²) in [5.74, 6) is 1.52. The molecule has 0 radical (unpaired) electrons. The summed E-state index contributed by atoms with van der Waals surface area (Å²) in [5.41, 5.74) is -0.510. The molecule has 106 valence electrons. The van der Waals surface area contributed by atoms with Gasteiger partial charge in [-0.15, -0.1) is 0 Å². The number of carbonyl (C=O) groups is 1.